The van der Waals surface area contributed by atoms with E-state index in [1.165, 1.54) is 4.90 Å². The van der Waals surface area contributed by atoms with E-state index in [4.69, 9.17) is 14.0 Å². The van der Waals surface area contributed by atoms with Crippen LogP contribution in [0.1, 0.15) is 18.4 Å². The first-order valence-corrected chi connectivity index (χ1v) is 8.92. The number of nitrogens with zero attached hydrogens (tertiary/aromatic N) is 3. The molecule has 0 aliphatic carbocycles. The summed E-state index contributed by atoms with van der Waals surface area (Å²) < 4.78 is 16.3. The normalized spacial score (nSPS) is 11.7. The average molecular weight is 381 g/mol. The number of aromatic nitrogens is 2. The van der Waals surface area contributed by atoms with Gasteiger partial charge in [-0.3, -0.25) is 4.79 Å². The molecule has 0 saturated carbocycles. The van der Waals surface area contributed by atoms with Crippen molar-refractivity contribution in [1.82, 2.24) is 15.0 Å². The van der Waals surface area contributed by atoms with Crippen LogP contribution >= 0.6 is 0 Å². The van der Waals surface area contributed by atoms with Crippen LogP contribution in [0.3, 0.4) is 0 Å². The second-order valence-corrected chi connectivity index (χ2v) is 6.49. The molecule has 3 aromatic rings. The van der Waals surface area contributed by atoms with Crippen LogP contribution in [-0.2, 0) is 11.3 Å². The summed E-state index contributed by atoms with van der Waals surface area (Å²) in [5.74, 6) is 1.74. The molecule has 28 heavy (non-hydrogen) atoms. The molecule has 1 amide bonds. The lowest BCUT2D eigenvalue weighted by atomic mass is 10.1. The van der Waals surface area contributed by atoms with E-state index >= 15 is 0 Å². The van der Waals surface area contributed by atoms with Gasteiger partial charge in [0.2, 0.25) is 11.7 Å². The summed E-state index contributed by atoms with van der Waals surface area (Å²) in [6, 6.07) is 15.0. The molecule has 0 radical (unpaired) electrons. The Bertz CT molecular complexity index is 954. The van der Waals surface area contributed by atoms with E-state index in [-0.39, 0.29) is 12.5 Å². The van der Waals surface area contributed by atoms with Crippen molar-refractivity contribution in [3.05, 3.63) is 60.0 Å². The summed E-state index contributed by atoms with van der Waals surface area (Å²) >= 11 is 0. The number of hydrogen-bond donors (Lipinski definition) is 0. The maximum Gasteiger partial charge on any atom is 0.263 e. The predicted octanol–water partition coefficient (Wildman–Crippen LogP) is 3.48. The highest BCUT2D eigenvalue weighted by Crippen LogP contribution is 2.27. The first-order chi connectivity index (χ1) is 13.5. The average Bonchev–Trinajstić information content (AvgIpc) is 3.16. The molecule has 0 N–H and O–H groups in total. The molecule has 7 nitrogen and oxygen atoms in total. The highest BCUT2D eigenvalue weighted by atomic mass is 16.5. The maximum atomic E-state index is 12.6. The summed E-state index contributed by atoms with van der Waals surface area (Å²) in [5, 5.41) is 4.00. The molecule has 0 unspecified atom stereocenters. The molecule has 1 atom stereocenters. The van der Waals surface area contributed by atoms with Gasteiger partial charge in [0.05, 0.1) is 13.7 Å². The monoisotopic (exact) mass is 381 g/mol. The number of carbonyl (C=O) groups is 1. The number of ether oxygens (including phenoxy) is 2. The minimum Gasteiger partial charge on any atom is -0.493 e. The molecule has 0 aliphatic heterocycles. The van der Waals surface area contributed by atoms with Gasteiger partial charge in [-0.25, -0.2) is 0 Å². The highest BCUT2D eigenvalue weighted by Gasteiger charge is 2.22. The molecule has 0 fully saturated rings. The summed E-state index contributed by atoms with van der Waals surface area (Å²) in [6.07, 6.45) is -0.694. The number of benzene rings is 2. The largest absolute Gasteiger partial charge is 0.493 e. The zero-order chi connectivity index (χ0) is 20.1. The number of amides is 1. The van der Waals surface area contributed by atoms with Crippen LogP contribution in [-0.4, -0.2) is 41.2 Å². The molecule has 7 heteroatoms. The lowest BCUT2D eigenvalue weighted by Crippen LogP contribution is -2.37. The molecule has 1 heterocycles. The van der Waals surface area contributed by atoms with E-state index in [1.807, 2.05) is 43.3 Å². The Morgan fingerprint density at radius 1 is 1.18 bits per heavy atom. The van der Waals surface area contributed by atoms with E-state index in [1.54, 1.807) is 33.2 Å². The number of rotatable bonds is 7. The third kappa shape index (κ3) is 4.49. The molecule has 1 aromatic heterocycles. The molecule has 0 aliphatic rings. The van der Waals surface area contributed by atoms with Crippen LogP contribution in [0.15, 0.2) is 53.1 Å². The third-order valence-corrected chi connectivity index (χ3v) is 4.21. The van der Waals surface area contributed by atoms with Crippen molar-refractivity contribution in [3.8, 4) is 22.9 Å². The SMILES string of the molecule is COc1ccccc1O[C@@H](C)C(=O)N(C)Cc1nc(-c2cccc(C)c2)no1. The van der Waals surface area contributed by atoms with Crippen molar-refractivity contribution >= 4 is 5.91 Å². The summed E-state index contributed by atoms with van der Waals surface area (Å²) in [5.41, 5.74) is 1.98. The van der Waals surface area contributed by atoms with Gasteiger partial charge < -0.3 is 18.9 Å². The molecule has 0 saturated heterocycles. The highest BCUT2D eigenvalue weighted by molar-refractivity contribution is 5.80. The van der Waals surface area contributed by atoms with Crippen molar-refractivity contribution in [3.63, 3.8) is 0 Å². The molecular formula is C21H23N3O4. The smallest absolute Gasteiger partial charge is 0.263 e. The van der Waals surface area contributed by atoms with Crippen LogP contribution in [0.25, 0.3) is 11.4 Å². The van der Waals surface area contributed by atoms with Gasteiger partial charge in [0.1, 0.15) is 0 Å². The predicted molar refractivity (Wildman–Crippen MR) is 104 cm³/mol. The van der Waals surface area contributed by atoms with Gasteiger partial charge in [-0.1, -0.05) is 41.1 Å². The number of hydrogen-bond acceptors (Lipinski definition) is 6. The van der Waals surface area contributed by atoms with Gasteiger partial charge in [0.25, 0.3) is 5.91 Å². The van der Waals surface area contributed by atoms with Crippen molar-refractivity contribution in [2.24, 2.45) is 0 Å². The summed E-state index contributed by atoms with van der Waals surface area (Å²) in [4.78, 5) is 18.5. The van der Waals surface area contributed by atoms with Crippen molar-refractivity contribution in [2.45, 2.75) is 26.5 Å². The number of likely N-dealkylation sites (N-methyl/N-ethyl adjacent to an activating group) is 1. The molecule has 0 bridgehead atoms. The Labute approximate surface area is 163 Å². The Morgan fingerprint density at radius 3 is 2.64 bits per heavy atom. The standard InChI is InChI=1S/C21H23N3O4/c1-14-8-7-9-16(12-14)20-22-19(28-23-20)13-24(3)21(25)15(2)27-18-11-6-5-10-17(18)26-4/h5-12,15H,13H2,1-4H3/t15-/m0/s1. The van der Waals surface area contributed by atoms with Gasteiger partial charge in [0.15, 0.2) is 17.6 Å². The van der Waals surface area contributed by atoms with E-state index < -0.39 is 6.10 Å². The summed E-state index contributed by atoms with van der Waals surface area (Å²) in [6.45, 7) is 3.88. The Morgan fingerprint density at radius 2 is 1.93 bits per heavy atom. The fourth-order valence-corrected chi connectivity index (χ4v) is 2.77. The van der Waals surface area contributed by atoms with Gasteiger partial charge in [0, 0.05) is 12.6 Å². The fraction of sp³-hybridized carbons (Fsp3) is 0.286. The zero-order valence-electron chi connectivity index (χ0n) is 16.4. The van der Waals surface area contributed by atoms with E-state index in [0.717, 1.165) is 11.1 Å². The maximum absolute atomic E-state index is 12.6. The van der Waals surface area contributed by atoms with Crippen molar-refractivity contribution in [2.75, 3.05) is 14.2 Å². The lowest BCUT2D eigenvalue weighted by molar-refractivity contribution is -0.137. The zero-order valence-corrected chi connectivity index (χ0v) is 16.4. The Balaban J connectivity index is 1.64. The second kappa shape index (κ2) is 8.56. The first kappa shape index (κ1) is 19.4. The molecule has 3 rings (SSSR count). The quantitative estimate of drug-likeness (QED) is 0.624. The molecule has 146 valence electrons. The van der Waals surface area contributed by atoms with Crippen LogP contribution in [0, 0.1) is 6.92 Å². The number of methoxy groups -OCH3 is 1. The van der Waals surface area contributed by atoms with Gasteiger partial charge in [-0.05, 0) is 32.0 Å². The molecular weight excluding hydrogens is 358 g/mol. The summed E-state index contributed by atoms with van der Waals surface area (Å²) in [7, 11) is 3.23. The van der Waals surface area contributed by atoms with Crippen LogP contribution in [0.4, 0.5) is 0 Å². The fourth-order valence-electron chi connectivity index (χ4n) is 2.77. The third-order valence-electron chi connectivity index (χ3n) is 4.21. The van der Waals surface area contributed by atoms with Crippen LogP contribution in [0.5, 0.6) is 11.5 Å². The van der Waals surface area contributed by atoms with E-state index in [2.05, 4.69) is 10.1 Å². The molecule has 0 spiro atoms. The van der Waals surface area contributed by atoms with Gasteiger partial charge >= 0.3 is 0 Å². The topological polar surface area (TPSA) is 77.7 Å². The van der Waals surface area contributed by atoms with Crippen molar-refractivity contribution < 1.29 is 18.8 Å². The minimum absolute atomic E-state index is 0.192. The Kier molecular flexibility index (Phi) is 5.93. The minimum atomic E-state index is -0.694. The van der Waals surface area contributed by atoms with Gasteiger partial charge in [-0.2, -0.15) is 4.98 Å². The Hall–Kier alpha value is -3.35. The number of carbonyl (C=O) groups excluding carboxylic acids is 1. The second-order valence-electron chi connectivity index (χ2n) is 6.49. The number of aryl methyl sites for hydroxylation is 1. The van der Waals surface area contributed by atoms with Gasteiger partial charge in [-0.15, -0.1) is 0 Å². The first-order valence-electron chi connectivity index (χ1n) is 8.92. The number of para-hydroxylation sites is 2. The van der Waals surface area contributed by atoms with Crippen LogP contribution in [0.2, 0.25) is 0 Å². The van der Waals surface area contributed by atoms with Crippen molar-refractivity contribution in [1.29, 1.82) is 0 Å². The lowest BCUT2D eigenvalue weighted by Gasteiger charge is -2.21. The van der Waals surface area contributed by atoms with E-state index in [0.29, 0.717) is 23.2 Å². The van der Waals surface area contributed by atoms with Crippen LogP contribution < -0.4 is 9.47 Å². The van der Waals surface area contributed by atoms with E-state index in [9.17, 15) is 4.79 Å². The molecule has 2 aromatic carbocycles.